The highest BCUT2D eigenvalue weighted by atomic mass is 16.5. The van der Waals surface area contributed by atoms with Crippen LogP contribution in [0.3, 0.4) is 0 Å². The van der Waals surface area contributed by atoms with Crippen LogP contribution in [0.5, 0.6) is 5.75 Å². The summed E-state index contributed by atoms with van der Waals surface area (Å²) < 4.78 is 12.5. The Labute approximate surface area is 333 Å². The Morgan fingerprint density at radius 1 is 1.02 bits per heavy atom. The van der Waals surface area contributed by atoms with Gasteiger partial charge in [-0.3, -0.25) is 24.1 Å². The first-order chi connectivity index (χ1) is 27.4. The van der Waals surface area contributed by atoms with Crippen molar-refractivity contribution in [2.75, 3.05) is 50.5 Å². The van der Waals surface area contributed by atoms with Crippen LogP contribution in [0.2, 0.25) is 0 Å². The largest absolute Gasteiger partial charge is 0.484 e. The lowest BCUT2D eigenvalue weighted by Crippen LogP contribution is -2.57. The predicted octanol–water partition coefficient (Wildman–Crippen LogP) is 5.51. The van der Waals surface area contributed by atoms with Crippen LogP contribution in [0.15, 0.2) is 61.1 Å². The van der Waals surface area contributed by atoms with Crippen molar-refractivity contribution in [3.05, 3.63) is 77.9 Å². The van der Waals surface area contributed by atoms with E-state index >= 15 is 0 Å². The molecule has 0 bridgehead atoms. The number of benzene rings is 1. The van der Waals surface area contributed by atoms with E-state index < -0.39 is 0 Å². The molecule has 2 amide bonds. The van der Waals surface area contributed by atoms with Crippen molar-refractivity contribution in [2.24, 2.45) is 0 Å². The third-order valence-corrected chi connectivity index (χ3v) is 11.3. The van der Waals surface area contributed by atoms with Gasteiger partial charge in [-0.15, -0.1) is 10.2 Å². The number of anilines is 2. The summed E-state index contributed by atoms with van der Waals surface area (Å²) in [4.78, 5) is 29.2. The molecular weight excluding hydrogens is 725 g/mol. The number of likely N-dealkylation sites (tertiary alicyclic amines) is 1. The number of amides is 2. The van der Waals surface area contributed by atoms with Gasteiger partial charge < -0.3 is 25.0 Å². The van der Waals surface area contributed by atoms with Crippen LogP contribution in [0.1, 0.15) is 88.8 Å². The minimum atomic E-state index is -0.283. The molecule has 0 saturated carbocycles. The summed E-state index contributed by atoms with van der Waals surface area (Å²) in [6.07, 6.45) is 10.7. The summed E-state index contributed by atoms with van der Waals surface area (Å²) in [6.45, 7) is 13.2. The number of aromatic nitrogens is 7. The zero-order valence-corrected chi connectivity index (χ0v) is 33.9. The van der Waals surface area contributed by atoms with Crippen LogP contribution in [-0.2, 0) is 16.8 Å². The van der Waals surface area contributed by atoms with Gasteiger partial charge in [0.05, 0.1) is 36.9 Å². The molecule has 3 N–H and O–H groups in total. The Bertz CT molecular complexity index is 2150. The lowest BCUT2D eigenvalue weighted by Gasteiger charge is -2.42. The second-order valence-electron chi connectivity index (χ2n) is 16.6. The number of likely N-dealkylation sites (N-methyl/N-ethyl adjacent to an activating group) is 1. The van der Waals surface area contributed by atoms with Gasteiger partial charge in [0, 0.05) is 49.7 Å². The van der Waals surface area contributed by atoms with Crippen LogP contribution in [0.4, 0.5) is 16.6 Å². The molecule has 0 spiro atoms. The van der Waals surface area contributed by atoms with Gasteiger partial charge in [0.25, 0.3) is 6.47 Å². The van der Waals surface area contributed by atoms with Crippen LogP contribution in [0, 0.1) is 0 Å². The number of carbonyl (C=O) groups is 2. The maximum absolute atomic E-state index is 13.7. The molecule has 1 aliphatic carbocycles. The van der Waals surface area contributed by atoms with Gasteiger partial charge in [0.2, 0.25) is 5.95 Å². The number of fused-ring (bicyclic) bond motifs is 2. The first-order valence-electron chi connectivity index (χ1n) is 20.0. The summed E-state index contributed by atoms with van der Waals surface area (Å²) in [7, 11) is 4.27. The van der Waals surface area contributed by atoms with Crippen LogP contribution >= 0.6 is 0 Å². The molecule has 16 nitrogen and oxygen atoms in total. The number of urea groups is 1. The van der Waals surface area contributed by atoms with Crippen LogP contribution in [-0.4, -0.2) is 114 Å². The highest BCUT2D eigenvalue weighted by molar-refractivity contribution is 5.89. The Hall–Kier alpha value is -5.48. The maximum Gasteiger partial charge on any atom is 0.320 e. The van der Waals surface area contributed by atoms with Crippen molar-refractivity contribution in [3.63, 3.8) is 0 Å². The van der Waals surface area contributed by atoms with Crippen molar-refractivity contribution in [3.8, 4) is 11.4 Å². The van der Waals surface area contributed by atoms with Crippen LogP contribution < -0.4 is 20.3 Å². The van der Waals surface area contributed by atoms with E-state index in [2.05, 4.69) is 99.0 Å². The molecule has 4 aromatic heterocycles. The topological polar surface area (TPSA) is 163 Å². The number of carbonyl (C=O) groups excluding carboxylic acids is 1. The van der Waals surface area contributed by atoms with Gasteiger partial charge in [0.1, 0.15) is 23.4 Å². The van der Waals surface area contributed by atoms with Crippen molar-refractivity contribution in [1.82, 2.24) is 49.3 Å². The molecule has 2 fully saturated rings. The van der Waals surface area contributed by atoms with E-state index in [1.165, 1.54) is 6.42 Å². The van der Waals surface area contributed by atoms with E-state index in [4.69, 9.17) is 19.7 Å². The molecule has 2 saturated heterocycles. The summed E-state index contributed by atoms with van der Waals surface area (Å²) >= 11 is 0. The molecule has 57 heavy (non-hydrogen) atoms. The molecular formula is C41H56N12O4. The number of piperidine rings is 1. The molecule has 8 rings (SSSR count). The summed E-state index contributed by atoms with van der Waals surface area (Å²) in [5, 5.41) is 31.8. The quantitative estimate of drug-likeness (QED) is 0.153. The van der Waals surface area contributed by atoms with E-state index in [1.54, 1.807) is 4.68 Å². The first-order valence-corrected chi connectivity index (χ1v) is 20.0. The lowest BCUT2D eigenvalue weighted by molar-refractivity contribution is -0.122. The molecule has 0 unspecified atom stereocenters. The first kappa shape index (κ1) is 39.7. The fourth-order valence-electron chi connectivity index (χ4n) is 7.93. The minimum Gasteiger partial charge on any atom is -0.484 e. The summed E-state index contributed by atoms with van der Waals surface area (Å²) in [6, 6.07) is 14.7. The fraction of sp³-hybridized carbons (Fsp3) is 0.512. The number of nitrogens with zero attached hydrogens (tertiary/aromatic N) is 10. The maximum atomic E-state index is 13.7. The fourth-order valence-corrected chi connectivity index (χ4v) is 7.93. The normalized spacial score (nSPS) is 20.1. The third-order valence-electron chi connectivity index (χ3n) is 11.3. The Morgan fingerprint density at radius 2 is 1.79 bits per heavy atom. The van der Waals surface area contributed by atoms with E-state index in [0.29, 0.717) is 17.9 Å². The molecule has 3 aliphatic rings. The molecule has 0 radical (unpaired) electrons. The van der Waals surface area contributed by atoms with Crippen molar-refractivity contribution < 1.29 is 19.4 Å². The summed E-state index contributed by atoms with van der Waals surface area (Å²) in [5.41, 5.74) is 4.41. The molecule has 5 aromatic rings. The smallest absolute Gasteiger partial charge is 0.320 e. The number of pyridine rings is 1. The molecule has 16 heteroatoms. The molecule has 2 aliphatic heterocycles. The Kier molecular flexibility index (Phi) is 11.8. The van der Waals surface area contributed by atoms with Crippen molar-refractivity contribution >= 4 is 29.9 Å². The van der Waals surface area contributed by atoms with Gasteiger partial charge in [-0.1, -0.05) is 45.0 Å². The standard InChI is InChI=1S/C40H54N12O2.CH2O2/c1-27-11-9-10-18-50(27)39-45-44-36-17-14-30(26-51(36)39)54-34-16-15-33(31-12-7-8-13-32(31)34)42-38(53)43-37-21-35(40(2,3)4)46-52(37)28-22-41-49(25-28)20-19-48-23-29(24-48)47(5)6;2-1-3/h7-8,12-14,17,21-22,25-27,29,33-34H,9-11,15-16,18-20,23-24H2,1-6H3,(H2,42,43,53);1H,(H,2,3)/t27-,33-,34+;/m0./s1. The number of hydrogen-bond donors (Lipinski definition) is 3. The van der Waals surface area contributed by atoms with Crippen LogP contribution in [0.25, 0.3) is 11.3 Å². The van der Waals surface area contributed by atoms with E-state index in [-0.39, 0.29) is 30.1 Å². The molecule has 3 atom stereocenters. The highest BCUT2D eigenvalue weighted by Gasteiger charge is 2.31. The van der Waals surface area contributed by atoms with Gasteiger partial charge >= 0.3 is 6.03 Å². The van der Waals surface area contributed by atoms with E-state index in [1.807, 2.05) is 53.6 Å². The van der Waals surface area contributed by atoms with Gasteiger partial charge in [-0.05, 0) is 76.4 Å². The number of nitrogens with one attached hydrogen (secondary N) is 2. The Morgan fingerprint density at radius 3 is 2.53 bits per heavy atom. The zero-order valence-electron chi connectivity index (χ0n) is 33.9. The third kappa shape index (κ3) is 8.91. The van der Waals surface area contributed by atoms with Crippen molar-refractivity contribution in [1.29, 1.82) is 0 Å². The second-order valence-corrected chi connectivity index (χ2v) is 16.6. The predicted molar refractivity (Wildman–Crippen MR) is 218 cm³/mol. The molecule has 6 heterocycles. The highest BCUT2D eigenvalue weighted by Crippen LogP contribution is 2.39. The van der Waals surface area contributed by atoms with E-state index in [0.717, 1.165) is 98.3 Å². The van der Waals surface area contributed by atoms with Gasteiger partial charge in [0.15, 0.2) is 5.65 Å². The average molecular weight is 781 g/mol. The monoisotopic (exact) mass is 780 g/mol. The SMILES string of the molecule is C[C@H]1CCCCN1c1nnc2ccc(O[C@@H]3CC[C@H](NC(=O)Nc4cc(C(C)(C)C)nn4-c4cnn(CCN5CC(N(C)C)C5)c4)c4ccccc43)cn12.O=CO. The average Bonchev–Trinajstić information content (AvgIpc) is 3.91. The molecule has 1 aromatic carbocycles. The summed E-state index contributed by atoms with van der Waals surface area (Å²) in [5.74, 6) is 2.23. The second kappa shape index (κ2) is 16.9. The lowest BCUT2D eigenvalue weighted by atomic mass is 9.85. The van der Waals surface area contributed by atoms with Gasteiger partial charge in [-0.2, -0.15) is 10.2 Å². The Balaban J connectivity index is 0.00000160. The van der Waals surface area contributed by atoms with Gasteiger partial charge in [-0.25, -0.2) is 9.48 Å². The molecule has 304 valence electrons. The number of rotatable bonds is 10. The number of carboxylic acid groups (broad SMARTS) is 1. The van der Waals surface area contributed by atoms with E-state index in [9.17, 15) is 4.79 Å². The van der Waals surface area contributed by atoms with Crippen molar-refractivity contribution in [2.45, 2.75) is 96.0 Å². The zero-order chi connectivity index (χ0) is 40.3. The number of hydrogen-bond acceptors (Lipinski definition) is 10. The minimum absolute atomic E-state index is 0.156. The number of ether oxygens (including phenoxy) is 1.